The number of nitrogens with zero attached hydrogens (tertiary/aromatic N) is 3. The molecular weight excluding hydrogens is 309 g/mol. The van der Waals surface area contributed by atoms with Crippen LogP contribution >= 0.6 is 11.6 Å². The van der Waals surface area contributed by atoms with E-state index in [1.807, 2.05) is 0 Å². The van der Waals surface area contributed by atoms with Gasteiger partial charge in [0, 0.05) is 0 Å². The number of nitrogens with one attached hydrogen (secondary N) is 1. The summed E-state index contributed by atoms with van der Waals surface area (Å²) in [7, 11) is 0. The number of hydrogen-bond acceptors (Lipinski definition) is 4. The lowest BCUT2D eigenvalue weighted by molar-refractivity contribution is -0.137. The SMILES string of the molecule is FC(F)(F)c1ccc(Oc2nc(Cl)nc3[nH]ncc23)cc1. The Kier molecular flexibility index (Phi) is 3.17. The highest BCUT2D eigenvalue weighted by Gasteiger charge is 2.30. The monoisotopic (exact) mass is 314 g/mol. The van der Waals surface area contributed by atoms with Gasteiger partial charge in [-0.15, -0.1) is 0 Å². The highest BCUT2D eigenvalue weighted by Crippen LogP contribution is 2.32. The van der Waals surface area contributed by atoms with Gasteiger partial charge in [0.05, 0.1) is 11.8 Å². The van der Waals surface area contributed by atoms with Gasteiger partial charge in [-0.1, -0.05) is 0 Å². The quantitative estimate of drug-likeness (QED) is 0.730. The highest BCUT2D eigenvalue weighted by molar-refractivity contribution is 6.28. The van der Waals surface area contributed by atoms with Crippen LogP contribution in [0.15, 0.2) is 30.5 Å². The van der Waals surface area contributed by atoms with E-state index >= 15 is 0 Å². The molecule has 1 N–H and O–H groups in total. The van der Waals surface area contributed by atoms with Crippen molar-refractivity contribution in [1.82, 2.24) is 20.2 Å². The molecular formula is C12H6ClF3N4O. The predicted octanol–water partition coefficient (Wildman–Crippen LogP) is 3.82. The maximum atomic E-state index is 12.5. The topological polar surface area (TPSA) is 63.7 Å². The predicted molar refractivity (Wildman–Crippen MR) is 68.2 cm³/mol. The molecule has 0 aliphatic carbocycles. The van der Waals surface area contributed by atoms with Crippen LogP contribution in [-0.4, -0.2) is 20.2 Å². The molecule has 0 bridgehead atoms. The molecule has 21 heavy (non-hydrogen) atoms. The number of alkyl halides is 3. The maximum absolute atomic E-state index is 12.5. The second-order valence-electron chi connectivity index (χ2n) is 4.05. The smallest absolute Gasteiger partial charge is 0.416 e. The first-order valence-electron chi connectivity index (χ1n) is 5.65. The van der Waals surface area contributed by atoms with Crippen LogP contribution in [0.25, 0.3) is 11.0 Å². The van der Waals surface area contributed by atoms with Crippen LogP contribution in [0.1, 0.15) is 5.56 Å². The molecule has 3 aromatic rings. The van der Waals surface area contributed by atoms with Gasteiger partial charge < -0.3 is 4.74 Å². The lowest BCUT2D eigenvalue weighted by atomic mass is 10.2. The van der Waals surface area contributed by atoms with Gasteiger partial charge in [0.15, 0.2) is 5.65 Å². The number of hydrogen-bond donors (Lipinski definition) is 1. The number of halogens is 4. The minimum atomic E-state index is -4.39. The van der Waals surface area contributed by atoms with E-state index in [0.717, 1.165) is 12.1 Å². The summed E-state index contributed by atoms with van der Waals surface area (Å²) >= 11 is 5.73. The van der Waals surface area contributed by atoms with Crippen molar-refractivity contribution in [2.24, 2.45) is 0 Å². The molecule has 0 amide bonds. The highest BCUT2D eigenvalue weighted by atomic mass is 35.5. The van der Waals surface area contributed by atoms with E-state index in [1.165, 1.54) is 18.3 Å². The normalized spacial score (nSPS) is 11.8. The summed E-state index contributed by atoms with van der Waals surface area (Å²) in [5.74, 6) is 0.304. The molecule has 0 aliphatic rings. The lowest BCUT2D eigenvalue weighted by Gasteiger charge is -2.08. The van der Waals surface area contributed by atoms with Gasteiger partial charge in [0.25, 0.3) is 0 Å². The van der Waals surface area contributed by atoms with Crippen molar-refractivity contribution in [2.45, 2.75) is 6.18 Å². The van der Waals surface area contributed by atoms with E-state index in [9.17, 15) is 13.2 Å². The van der Waals surface area contributed by atoms with Gasteiger partial charge in [0.2, 0.25) is 11.2 Å². The molecule has 2 aromatic heterocycles. The second kappa shape index (κ2) is 4.88. The van der Waals surface area contributed by atoms with Crippen molar-refractivity contribution in [3.05, 3.63) is 41.3 Å². The number of aromatic amines is 1. The Morgan fingerprint density at radius 1 is 1.10 bits per heavy atom. The van der Waals surface area contributed by atoms with Gasteiger partial charge in [-0.3, -0.25) is 5.10 Å². The summed E-state index contributed by atoms with van der Waals surface area (Å²) in [6.45, 7) is 0. The zero-order valence-electron chi connectivity index (χ0n) is 10.1. The summed E-state index contributed by atoms with van der Waals surface area (Å²) in [5, 5.41) is 6.79. The summed E-state index contributed by atoms with van der Waals surface area (Å²) in [6.07, 6.45) is -2.96. The Bertz CT molecular complexity index is 785. The summed E-state index contributed by atoms with van der Waals surface area (Å²) in [4.78, 5) is 7.78. The van der Waals surface area contributed by atoms with E-state index in [0.29, 0.717) is 11.0 Å². The first kappa shape index (κ1) is 13.6. The molecule has 5 nitrogen and oxygen atoms in total. The fourth-order valence-electron chi connectivity index (χ4n) is 1.68. The average Bonchev–Trinajstić information content (AvgIpc) is 2.86. The number of fused-ring (bicyclic) bond motifs is 1. The number of rotatable bonds is 2. The molecule has 0 saturated carbocycles. The molecule has 1 aromatic carbocycles. The molecule has 0 radical (unpaired) electrons. The third-order valence-electron chi connectivity index (χ3n) is 2.64. The largest absolute Gasteiger partial charge is 0.438 e. The molecule has 0 saturated heterocycles. The van der Waals surface area contributed by atoms with Crippen molar-refractivity contribution in [1.29, 1.82) is 0 Å². The van der Waals surface area contributed by atoms with Crippen LogP contribution in [0.4, 0.5) is 13.2 Å². The third-order valence-corrected chi connectivity index (χ3v) is 2.81. The number of aromatic nitrogens is 4. The molecule has 0 atom stereocenters. The first-order valence-corrected chi connectivity index (χ1v) is 6.03. The first-order chi connectivity index (χ1) is 9.93. The van der Waals surface area contributed by atoms with E-state index in [2.05, 4.69) is 20.2 Å². The van der Waals surface area contributed by atoms with Crippen molar-refractivity contribution in [3.8, 4) is 11.6 Å². The number of H-pyrrole nitrogens is 1. The van der Waals surface area contributed by atoms with Crippen LogP contribution in [-0.2, 0) is 6.18 Å². The maximum Gasteiger partial charge on any atom is 0.416 e. The zero-order chi connectivity index (χ0) is 15.0. The molecule has 9 heteroatoms. The number of ether oxygens (including phenoxy) is 1. The van der Waals surface area contributed by atoms with Crippen molar-refractivity contribution >= 4 is 22.6 Å². The minimum absolute atomic E-state index is 0.0614. The van der Waals surface area contributed by atoms with E-state index in [4.69, 9.17) is 16.3 Å². The van der Waals surface area contributed by atoms with Crippen molar-refractivity contribution in [3.63, 3.8) is 0 Å². The molecule has 0 unspecified atom stereocenters. The fourth-order valence-corrected chi connectivity index (χ4v) is 1.85. The average molecular weight is 315 g/mol. The lowest BCUT2D eigenvalue weighted by Crippen LogP contribution is -2.04. The minimum Gasteiger partial charge on any atom is -0.438 e. The van der Waals surface area contributed by atoms with E-state index in [1.54, 1.807) is 0 Å². The summed E-state index contributed by atoms with van der Waals surface area (Å²) < 4.78 is 42.9. The van der Waals surface area contributed by atoms with Crippen LogP contribution in [0, 0.1) is 0 Å². The Labute approximate surface area is 120 Å². The molecule has 0 aliphatic heterocycles. The van der Waals surface area contributed by atoms with E-state index in [-0.39, 0.29) is 16.9 Å². The molecule has 0 spiro atoms. The third kappa shape index (κ3) is 2.75. The molecule has 108 valence electrons. The molecule has 2 heterocycles. The van der Waals surface area contributed by atoms with Crippen LogP contribution < -0.4 is 4.74 Å². The van der Waals surface area contributed by atoms with Gasteiger partial charge in [-0.05, 0) is 35.9 Å². The zero-order valence-corrected chi connectivity index (χ0v) is 10.9. The van der Waals surface area contributed by atoms with Gasteiger partial charge in [-0.2, -0.15) is 28.2 Å². The van der Waals surface area contributed by atoms with Crippen LogP contribution in [0.5, 0.6) is 11.6 Å². The molecule has 0 fully saturated rings. The Morgan fingerprint density at radius 3 is 2.48 bits per heavy atom. The van der Waals surface area contributed by atoms with Crippen molar-refractivity contribution in [2.75, 3.05) is 0 Å². The van der Waals surface area contributed by atoms with Crippen LogP contribution in [0.3, 0.4) is 0 Å². The Balaban J connectivity index is 1.93. The Hall–Kier alpha value is -2.35. The van der Waals surface area contributed by atoms with Gasteiger partial charge in [-0.25, -0.2) is 0 Å². The van der Waals surface area contributed by atoms with Crippen LogP contribution in [0.2, 0.25) is 5.28 Å². The van der Waals surface area contributed by atoms with Gasteiger partial charge in [0.1, 0.15) is 11.1 Å². The number of benzene rings is 1. The Morgan fingerprint density at radius 2 is 1.81 bits per heavy atom. The van der Waals surface area contributed by atoms with E-state index < -0.39 is 11.7 Å². The summed E-state index contributed by atoms with van der Waals surface area (Å²) in [6, 6.07) is 4.24. The fraction of sp³-hybridized carbons (Fsp3) is 0.0833. The van der Waals surface area contributed by atoms with Gasteiger partial charge >= 0.3 is 6.18 Å². The van der Waals surface area contributed by atoms with Crippen molar-refractivity contribution < 1.29 is 17.9 Å². The molecule has 3 rings (SSSR count). The second-order valence-corrected chi connectivity index (χ2v) is 4.39. The summed E-state index contributed by atoms with van der Waals surface area (Å²) in [5.41, 5.74) is -0.388. The standard InChI is InChI=1S/C12H6ClF3N4O/c13-11-18-9-8(5-17-20-9)10(19-11)21-7-3-1-6(2-4-7)12(14,15)16/h1-5H,(H,17,18,19,20).